The van der Waals surface area contributed by atoms with Crippen molar-refractivity contribution in [3.8, 4) is 0 Å². The van der Waals surface area contributed by atoms with Gasteiger partial charge in [0.1, 0.15) is 11.6 Å². The van der Waals surface area contributed by atoms with Gasteiger partial charge in [-0.05, 0) is 24.1 Å². The fraction of sp³-hybridized carbons (Fsp3) is 0.267. The van der Waals surface area contributed by atoms with E-state index in [0.29, 0.717) is 36.6 Å². The van der Waals surface area contributed by atoms with E-state index in [1.165, 1.54) is 6.07 Å². The van der Waals surface area contributed by atoms with Crippen LogP contribution in [0.3, 0.4) is 0 Å². The summed E-state index contributed by atoms with van der Waals surface area (Å²) >= 11 is 0. The van der Waals surface area contributed by atoms with Gasteiger partial charge in [0, 0.05) is 18.7 Å². The van der Waals surface area contributed by atoms with Gasteiger partial charge < -0.3 is 15.6 Å². The first-order valence-electron chi connectivity index (χ1n) is 6.76. The molecule has 0 fully saturated rings. The highest BCUT2D eigenvalue weighted by molar-refractivity contribution is 5.41. The van der Waals surface area contributed by atoms with Gasteiger partial charge in [-0.25, -0.2) is 9.37 Å². The molecule has 0 amide bonds. The van der Waals surface area contributed by atoms with Crippen molar-refractivity contribution in [2.45, 2.75) is 19.2 Å². The molecule has 6 heteroatoms. The molecule has 0 unspecified atom stereocenters. The van der Waals surface area contributed by atoms with E-state index < -0.39 is 6.23 Å². The Morgan fingerprint density at radius 2 is 2.10 bits per heavy atom. The second-order valence-electron chi connectivity index (χ2n) is 4.97. The number of fused-ring (bicyclic) bond motifs is 1. The van der Waals surface area contributed by atoms with Gasteiger partial charge in [-0.1, -0.05) is 24.3 Å². The van der Waals surface area contributed by atoms with Crippen molar-refractivity contribution in [2.75, 3.05) is 11.9 Å². The predicted octanol–water partition coefficient (Wildman–Crippen LogP) is 2.07. The number of nitrogens with zero attached hydrogens (tertiary/aromatic N) is 2. The number of nitrogens with one attached hydrogen (secondary N) is 1. The van der Waals surface area contributed by atoms with E-state index >= 15 is 0 Å². The van der Waals surface area contributed by atoms with Crippen molar-refractivity contribution in [1.29, 1.82) is 0 Å². The highest BCUT2D eigenvalue weighted by Crippen LogP contribution is 2.26. The number of aromatic nitrogens is 1. The fourth-order valence-corrected chi connectivity index (χ4v) is 2.36. The second kappa shape index (κ2) is 5.77. The van der Waals surface area contributed by atoms with Crippen LogP contribution in [0.15, 0.2) is 36.4 Å². The Hall–Kier alpha value is -2.02. The van der Waals surface area contributed by atoms with Crippen molar-refractivity contribution >= 4 is 5.82 Å². The molecule has 0 bridgehead atoms. The van der Waals surface area contributed by atoms with Gasteiger partial charge in [-0.3, -0.25) is 0 Å². The third kappa shape index (κ3) is 2.87. The van der Waals surface area contributed by atoms with Gasteiger partial charge in [0.15, 0.2) is 6.23 Å². The smallest absolute Gasteiger partial charge is 0.172 e. The fourth-order valence-electron chi connectivity index (χ4n) is 2.36. The number of anilines is 1. The number of aliphatic hydroxyl groups excluding tert-OH is 1. The Labute approximate surface area is 121 Å². The van der Waals surface area contributed by atoms with E-state index in [-0.39, 0.29) is 5.82 Å². The largest absolute Gasteiger partial charge is 0.371 e. The lowest BCUT2D eigenvalue weighted by atomic mass is 10.1. The van der Waals surface area contributed by atoms with Crippen molar-refractivity contribution in [3.63, 3.8) is 0 Å². The van der Waals surface area contributed by atoms with Crippen LogP contribution in [-0.2, 0) is 13.0 Å². The highest BCUT2D eigenvalue weighted by Gasteiger charge is 2.25. The van der Waals surface area contributed by atoms with Crippen LogP contribution in [0.25, 0.3) is 0 Å². The molecule has 1 atom stereocenters. The summed E-state index contributed by atoms with van der Waals surface area (Å²) in [6.45, 7) is 0.676. The molecule has 5 nitrogen and oxygen atoms in total. The lowest BCUT2D eigenvalue weighted by molar-refractivity contribution is -0.205. The normalized spacial score (nSPS) is 18.3. The number of hydroxylamine groups is 2. The summed E-state index contributed by atoms with van der Waals surface area (Å²) in [6, 6.07) is 10.2. The molecule has 21 heavy (non-hydrogen) atoms. The van der Waals surface area contributed by atoms with Gasteiger partial charge in [-0.15, -0.1) is 0 Å². The third-order valence-electron chi connectivity index (χ3n) is 3.57. The number of rotatable bonds is 3. The van der Waals surface area contributed by atoms with E-state index in [4.69, 9.17) is 0 Å². The lowest BCUT2D eigenvalue weighted by Crippen LogP contribution is -2.33. The van der Waals surface area contributed by atoms with Crippen LogP contribution in [0.1, 0.15) is 23.0 Å². The Morgan fingerprint density at radius 1 is 1.29 bits per heavy atom. The average molecular weight is 289 g/mol. The molecule has 0 aliphatic carbocycles. The molecule has 0 radical (unpaired) electrons. The quantitative estimate of drug-likeness (QED) is 0.807. The summed E-state index contributed by atoms with van der Waals surface area (Å²) < 4.78 is 13.5. The zero-order valence-corrected chi connectivity index (χ0v) is 11.3. The minimum atomic E-state index is -1.12. The molecule has 0 saturated carbocycles. The maximum absolute atomic E-state index is 13.5. The molecular weight excluding hydrogens is 273 g/mol. The maximum Gasteiger partial charge on any atom is 0.172 e. The number of pyridine rings is 1. The number of halogens is 1. The molecule has 1 aromatic heterocycles. The van der Waals surface area contributed by atoms with Crippen LogP contribution in [0.5, 0.6) is 0 Å². The minimum absolute atomic E-state index is 0.274. The summed E-state index contributed by atoms with van der Waals surface area (Å²) in [5, 5.41) is 23.3. The molecular formula is C15H16FN3O2. The molecule has 0 spiro atoms. The number of benzene rings is 1. The van der Waals surface area contributed by atoms with Gasteiger partial charge in [-0.2, -0.15) is 5.06 Å². The first-order valence-corrected chi connectivity index (χ1v) is 6.76. The molecule has 0 saturated heterocycles. The van der Waals surface area contributed by atoms with Gasteiger partial charge in [0.2, 0.25) is 0 Å². The van der Waals surface area contributed by atoms with E-state index in [1.54, 1.807) is 24.3 Å². The van der Waals surface area contributed by atoms with Gasteiger partial charge in [0.25, 0.3) is 0 Å². The zero-order valence-electron chi connectivity index (χ0n) is 11.3. The summed E-state index contributed by atoms with van der Waals surface area (Å²) in [7, 11) is 0. The highest BCUT2D eigenvalue weighted by atomic mass is 19.1. The summed E-state index contributed by atoms with van der Waals surface area (Å²) in [4.78, 5) is 4.30. The molecule has 2 aromatic rings. The van der Waals surface area contributed by atoms with Crippen molar-refractivity contribution in [2.24, 2.45) is 0 Å². The standard InChI is InChI=1S/C15H16FN3O2/c16-12-4-2-1-3-11(12)9-17-13-6-5-10-7-8-19(21)15(20)14(10)18-13/h1-6,15,20-21H,7-9H2,(H,17,18)/t15-/m1/s1. The number of hydrogen-bond acceptors (Lipinski definition) is 5. The Morgan fingerprint density at radius 3 is 2.90 bits per heavy atom. The van der Waals surface area contributed by atoms with Crippen LogP contribution >= 0.6 is 0 Å². The molecule has 3 N–H and O–H groups in total. The molecule has 3 rings (SSSR count). The summed E-state index contributed by atoms with van der Waals surface area (Å²) in [5.74, 6) is 0.260. The van der Waals surface area contributed by atoms with Gasteiger partial charge >= 0.3 is 0 Å². The Balaban J connectivity index is 1.77. The van der Waals surface area contributed by atoms with E-state index in [9.17, 15) is 14.7 Å². The summed E-state index contributed by atoms with van der Waals surface area (Å²) in [6.07, 6.45) is -0.493. The Kier molecular flexibility index (Phi) is 3.83. The third-order valence-corrected chi connectivity index (χ3v) is 3.57. The lowest BCUT2D eigenvalue weighted by Gasteiger charge is -2.28. The predicted molar refractivity (Wildman–Crippen MR) is 75.1 cm³/mol. The van der Waals surface area contributed by atoms with E-state index in [0.717, 1.165) is 10.6 Å². The van der Waals surface area contributed by atoms with Crippen LogP contribution in [0, 0.1) is 5.82 Å². The first kappa shape index (κ1) is 13.9. The monoisotopic (exact) mass is 289 g/mol. The first-order chi connectivity index (χ1) is 10.1. The van der Waals surface area contributed by atoms with E-state index in [2.05, 4.69) is 10.3 Å². The van der Waals surface area contributed by atoms with Crippen LogP contribution in [0.2, 0.25) is 0 Å². The summed E-state index contributed by atoms with van der Waals surface area (Å²) in [5.41, 5.74) is 1.88. The molecule has 1 aliphatic heterocycles. The van der Waals surface area contributed by atoms with Gasteiger partial charge in [0.05, 0.1) is 5.69 Å². The van der Waals surface area contributed by atoms with E-state index in [1.807, 2.05) is 6.07 Å². The van der Waals surface area contributed by atoms with Crippen LogP contribution < -0.4 is 5.32 Å². The minimum Gasteiger partial charge on any atom is -0.371 e. The van der Waals surface area contributed by atoms with Crippen LogP contribution in [0.4, 0.5) is 10.2 Å². The second-order valence-corrected chi connectivity index (χ2v) is 4.97. The zero-order chi connectivity index (χ0) is 14.8. The molecule has 1 aromatic carbocycles. The SMILES string of the molecule is O[C@@H]1c2nc(NCc3ccccc3F)ccc2CCN1O. The molecule has 2 heterocycles. The van der Waals surface area contributed by atoms with Crippen molar-refractivity contribution in [3.05, 3.63) is 59.0 Å². The number of hydrogen-bond donors (Lipinski definition) is 3. The average Bonchev–Trinajstić information content (AvgIpc) is 2.50. The molecule has 1 aliphatic rings. The molecule has 110 valence electrons. The van der Waals surface area contributed by atoms with Crippen molar-refractivity contribution in [1.82, 2.24) is 10.0 Å². The van der Waals surface area contributed by atoms with Crippen LogP contribution in [-0.4, -0.2) is 26.9 Å². The topological polar surface area (TPSA) is 68.6 Å². The van der Waals surface area contributed by atoms with Crippen molar-refractivity contribution < 1.29 is 14.7 Å². The Bertz CT molecular complexity index is 651. The maximum atomic E-state index is 13.5. The number of aliphatic hydroxyl groups is 1.